The number of nitrogens with one attached hydrogen (secondary N) is 1. The summed E-state index contributed by atoms with van der Waals surface area (Å²) in [6, 6.07) is -0.997. The van der Waals surface area contributed by atoms with Crippen molar-refractivity contribution >= 4 is 23.8 Å². The summed E-state index contributed by atoms with van der Waals surface area (Å²) in [6.45, 7) is 2.55. The quantitative estimate of drug-likeness (QED) is 0.437. The molecule has 0 unspecified atom stereocenters. The molecule has 0 saturated heterocycles. The van der Waals surface area contributed by atoms with E-state index in [0.717, 1.165) is 13.0 Å². The van der Waals surface area contributed by atoms with E-state index in [2.05, 4.69) is 14.8 Å². The van der Waals surface area contributed by atoms with E-state index in [1.165, 1.54) is 6.08 Å². The Kier molecular flexibility index (Phi) is 8.40. The van der Waals surface area contributed by atoms with Crippen LogP contribution in [0.2, 0.25) is 0 Å². The van der Waals surface area contributed by atoms with Gasteiger partial charge in [0.1, 0.15) is 6.04 Å². The summed E-state index contributed by atoms with van der Waals surface area (Å²) in [6.07, 6.45) is 2.52. The van der Waals surface area contributed by atoms with Gasteiger partial charge in [0.25, 0.3) is 5.91 Å². The largest absolute Gasteiger partial charge is 0.463 e. The van der Waals surface area contributed by atoms with Crippen LogP contribution in [0.15, 0.2) is 12.2 Å². The van der Waals surface area contributed by atoms with Crippen molar-refractivity contribution in [1.29, 1.82) is 0 Å². The maximum Gasteiger partial charge on any atom is 0.330 e. The molecular formula is C12H18N2O6. The second-order valence-corrected chi connectivity index (χ2v) is 3.69. The summed E-state index contributed by atoms with van der Waals surface area (Å²) in [5, 5.41) is 2.28. The molecule has 0 aromatic rings. The molecule has 20 heavy (non-hydrogen) atoms. The van der Waals surface area contributed by atoms with Crippen LogP contribution in [0.1, 0.15) is 20.3 Å². The summed E-state index contributed by atoms with van der Waals surface area (Å²) in [7, 11) is 0. The Morgan fingerprint density at radius 1 is 1.25 bits per heavy atom. The van der Waals surface area contributed by atoms with Crippen molar-refractivity contribution < 1.29 is 28.7 Å². The predicted molar refractivity (Wildman–Crippen MR) is 68.1 cm³/mol. The maximum atomic E-state index is 11.4. The Bertz CT molecular complexity index is 405. The van der Waals surface area contributed by atoms with Crippen molar-refractivity contribution in [2.75, 3.05) is 13.2 Å². The van der Waals surface area contributed by atoms with Gasteiger partial charge < -0.3 is 20.5 Å². The number of ether oxygens (including phenoxy) is 2. The monoisotopic (exact) mass is 286 g/mol. The average molecular weight is 286 g/mol. The molecule has 3 N–H and O–H groups in total. The van der Waals surface area contributed by atoms with Gasteiger partial charge in [0.05, 0.1) is 6.61 Å². The minimum Gasteiger partial charge on any atom is -0.463 e. The molecule has 0 aliphatic carbocycles. The van der Waals surface area contributed by atoms with Gasteiger partial charge in [-0.25, -0.2) is 4.79 Å². The molecule has 8 heteroatoms. The predicted octanol–water partition coefficient (Wildman–Crippen LogP) is -0.971. The summed E-state index contributed by atoms with van der Waals surface area (Å²) in [4.78, 5) is 44.0. The van der Waals surface area contributed by atoms with Crippen LogP contribution in [0.3, 0.4) is 0 Å². The highest BCUT2D eigenvalue weighted by Crippen LogP contribution is 1.95. The fourth-order valence-corrected chi connectivity index (χ4v) is 1.14. The lowest BCUT2D eigenvalue weighted by Gasteiger charge is -2.13. The van der Waals surface area contributed by atoms with Gasteiger partial charge in [-0.15, -0.1) is 0 Å². The average Bonchev–Trinajstić information content (AvgIpc) is 2.35. The highest BCUT2D eigenvalue weighted by Gasteiger charge is 2.17. The smallest absolute Gasteiger partial charge is 0.330 e. The fourth-order valence-electron chi connectivity index (χ4n) is 1.14. The molecule has 0 heterocycles. The number of carbonyl (C=O) groups excluding carboxylic acids is 4. The Balaban J connectivity index is 4.30. The highest BCUT2D eigenvalue weighted by atomic mass is 16.5. The zero-order valence-corrected chi connectivity index (χ0v) is 11.4. The van der Waals surface area contributed by atoms with Crippen molar-refractivity contribution in [1.82, 2.24) is 5.32 Å². The van der Waals surface area contributed by atoms with Crippen molar-refractivity contribution in [3.05, 3.63) is 12.2 Å². The van der Waals surface area contributed by atoms with Crippen LogP contribution in [0, 0.1) is 0 Å². The lowest BCUT2D eigenvalue weighted by molar-refractivity contribution is -0.146. The molecule has 112 valence electrons. The lowest BCUT2D eigenvalue weighted by Crippen LogP contribution is -2.45. The highest BCUT2D eigenvalue weighted by molar-refractivity contribution is 5.88. The molecule has 0 bridgehead atoms. The summed E-state index contributed by atoms with van der Waals surface area (Å²) in [5.41, 5.74) is 5.11. The van der Waals surface area contributed by atoms with E-state index < -0.39 is 36.4 Å². The number of carbonyl (C=O) groups is 4. The fraction of sp³-hybridized carbons (Fsp3) is 0.500. The van der Waals surface area contributed by atoms with Crippen molar-refractivity contribution in [3.8, 4) is 0 Å². The minimum absolute atomic E-state index is 0.0277. The Labute approximate surface area is 116 Å². The third kappa shape index (κ3) is 8.67. The number of esters is 2. The normalized spacial score (nSPS) is 11.7. The zero-order chi connectivity index (χ0) is 15.5. The van der Waals surface area contributed by atoms with Gasteiger partial charge in [0, 0.05) is 13.0 Å². The van der Waals surface area contributed by atoms with E-state index in [4.69, 9.17) is 5.73 Å². The van der Waals surface area contributed by atoms with Crippen molar-refractivity contribution in [2.24, 2.45) is 5.73 Å². The molecule has 0 radical (unpaired) electrons. The molecule has 0 aliphatic rings. The molecule has 0 aromatic heterocycles. The number of hydrogen-bond acceptors (Lipinski definition) is 6. The van der Waals surface area contributed by atoms with Crippen LogP contribution < -0.4 is 11.1 Å². The number of primary amides is 1. The topological polar surface area (TPSA) is 125 Å². The second kappa shape index (κ2) is 9.54. The van der Waals surface area contributed by atoms with E-state index in [1.807, 2.05) is 0 Å². The second-order valence-electron chi connectivity index (χ2n) is 3.69. The summed E-state index contributed by atoms with van der Waals surface area (Å²) in [5.74, 6) is -2.59. The summed E-state index contributed by atoms with van der Waals surface area (Å²) >= 11 is 0. The molecule has 0 rings (SSSR count). The van der Waals surface area contributed by atoms with Crippen molar-refractivity contribution in [2.45, 2.75) is 26.3 Å². The standard InChI is InChI=1S/C12H18N2O6/c1-3-19-11(17)6-4-5-9(12(13)18)14-10(16)7-20-8(2)15/h4,6,9H,3,5,7H2,1-2H3,(H2,13,18)(H,14,16)/b6-4+/t9-/m1/s1. The van der Waals surface area contributed by atoms with Crippen molar-refractivity contribution in [3.63, 3.8) is 0 Å². The third-order valence-electron chi connectivity index (χ3n) is 2.00. The van der Waals surface area contributed by atoms with E-state index in [0.29, 0.717) is 0 Å². The number of amides is 2. The van der Waals surface area contributed by atoms with Gasteiger partial charge in [0.2, 0.25) is 5.91 Å². The van der Waals surface area contributed by atoms with Crippen LogP contribution in [-0.4, -0.2) is 43.0 Å². The number of rotatable bonds is 8. The van der Waals surface area contributed by atoms with Gasteiger partial charge in [-0.3, -0.25) is 14.4 Å². The van der Waals surface area contributed by atoms with Gasteiger partial charge in [-0.2, -0.15) is 0 Å². The lowest BCUT2D eigenvalue weighted by atomic mass is 10.2. The van der Waals surface area contributed by atoms with E-state index >= 15 is 0 Å². The molecule has 0 aromatic carbocycles. The Morgan fingerprint density at radius 3 is 2.40 bits per heavy atom. The Hall–Kier alpha value is -2.38. The van der Waals surface area contributed by atoms with Crippen LogP contribution in [0.25, 0.3) is 0 Å². The van der Waals surface area contributed by atoms with E-state index in [1.54, 1.807) is 6.92 Å². The minimum atomic E-state index is -0.997. The third-order valence-corrected chi connectivity index (χ3v) is 2.00. The molecule has 2 amide bonds. The van der Waals surface area contributed by atoms with Gasteiger partial charge in [0.15, 0.2) is 6.61 Å². The van der Waals surface area contributed by atoms with Crippen LogP contribution in [0.4, 0.5) is 0 Å². The SMILES string of the molecule is CCOC(=O)/C=C/C[C@@H](NC(=O)COC(C)=O)C(N)=O. The molecule has 0 fully saturated rings. The first-order valence-corrected chi connectivity index (χ1v) is 5.92. The Morgan fingerprint density at radius 2 is 1.90 bits per heavy atom. The molecule has 0 aliphatic heterocycles. The van der Waals surface area contributed by atoms with E-state index in [9.17, 15) is 19.2 Å². The first-order chi connectivity index (χ1) is 9.36. The molecular weight excluding hydrogens is 268 g/mol. The summed E-state index contributed by atoms with van der Waals surface area (Å²) < 4.78 is 9.11. The molecule has 0 saturated carbocycles. The first-order valence-electron chi connectivity index (χ1n) is 5.92. The maximum absolute atomic E-state index is 11.4. The molecule has 1 atom stereocenters. The molecule has 0 spiro atoms. The van der Waals surface area contributed by atoms with Gasteiger partial charge in [-0.05, 0) is 13.3 Å². The zero-order valence-electron chi connectivity index (χ0n) is 11.4. The van der Waals surface area contributed by atoms with Crippen LogP contribution in [0.5, 0.6) is 0 Å². The molecule has 8 nitrogen and oxygen atoms in total. The number of hydrogen-bond donors (Lipinski definition) is 2. The first kappa shape index (κ1) is 17.6. The van der Waals surface area contributed by atoms with E-state index in [-0.39, 0.29) is 13.0 Å². The van der Waals surface area contributed by atoms with Crippen LogP contribution >= 0.6 is 0 Å². The number of nitrogens with two attached hydrogens (primary N) is 1. The van der Waals surface area contributed by atoms with Gasteiger partial charge in [-0.1, -0.05) is 6.08 Å². The van der Waals surface area contributed by atoms with Gasteiger partial charge >= 0.3 is 11.9 Å². The van der Waals surface area contributed by atoms with Crippen LogP contribution in [-0.2, 0) is 28.7 Å².